The first-order valence-corrected chi connectivity index (χ1v) is 9.21. The molecule has 1 aromatic rings. The van der Waals surface area contributed by atoms with Gasteiger partial charge in [0.2, 0.25) is 0 Å². The van der Waals surface area contributed by atoms with Crippen molar-refractivity contribution in [3.63, 3.8) is 0 Å². The van der Waals surface area contributed by atoms with E-state index in [0.29, 0.717) is 0 Å². The third-order valence-electron chi connectivity index (χ3n) is 5.24. The van der Waals surface area contributed by atoms with Crippen molar-refractivity contribution in [1.29, 1.82) is 0 Å². The predicted molar refractivity (Wildman–Crippen MR) is 95.3 cm³/mol. The van der Waals surface area contributed by atoms with E-state index < -0.39 is 5.54 Å². The Labute approximate surface area is 143 Å². The summed E-state index contributed by atoms with van der Waals surface area (Å²) in [5.41, 5.74) is 1.35. The quantitative estimate of drug-likeness (QED) is 0.469. The second-order valence-electron chi connectivity index (χ2n) is 6.66. The zero-order valence-corrected chi connectivity index (χ0v) is 15.3. The molecule has 2 bridgehead atoms. The van der Waals surface area contributed by atoms with Gasteiger partial charge in [0, 0.05) is 16.4 Å². The number of benzene rings is 1. The summed E-state index contributed by atoms with van der Waals surface area (Å²) < 4.78 is 6.02. The van der Waals surface area contributed by atoms with Gasteiger partial charge in [-0.15, -0.1) is 11.8 Å². The predicted octanol–water partition coefficient (Wildman–Crippen LogP) is 3.56. The van der Waals surface area contributed by atoms with Crippen LogP contribution in [0.2, 0.25) is 0 Å². The van der Waals surface area contributed by atoms with Crippen LogP contribution in [0.1, 0.15) is 29.8 Å². The van der Waals surface area contributed by atoms with E-state index in [-0.39, 0.29) is 23.9 Å². The molecule has 0 radical (unpaired) electrons. The number of ether oxygens (including phenoxy) is 1. The SMILES string of the molecule is CCSc1ccc(C(=O)C2(N(C)C)C3C=CC(O3)C2C)cc1C. The number of thioether (sulfide) groups is 1. The summed E-state index contributed by atoms with van der Waals surface area (Å²) in [6.07, 6.45) is 4.03. The Morgan fingerprint density at radius 3 is 2.61 bits per heavy atom. The topological polar surface area (TPSA) is 29.5 Å². The molecule has 2 aliphatic heterocycles. The van der Waals surface area contributed by atoms with E-state index in [2.05, 4.69) is 43.9 Å². The molecule has 3 nitrogen and oxygen atoms in total. The summed E-state index contributed by atoms with van der Waals surface area (Å²) in [6, 6.07) is 6.09. The third kappa shape index (κ3) is 2.39. The third-order valence-corrected chi connectivity index (χ3v) is 6.30. The van der Waals surface area contributed by atoms with Crippen LogP contribution in [0, 0.1) is 12.8 Å². The van der Waals surface area contributed by atoms with E-state index in [9.17, 15) is 4.79 Å². The average Bonchev–Trinajstić information content (AvgIpc) is 3.09. The van der Waals surface area contributed by atoms with Crippen molar-refractivity contribution >= 4 is 17.5 Å². The number of hydrogen-bond donors (Lipinski definition) is 0. The van der Waals surface area contributed by atoms with Gasteiger partial charge < -0.3 is 4.74 Å². The number of carbonyl (C=O) groups is 1. The van der Waals surface area contributed by atoms with Gasteiger partial charge in [0.1, 0.15) is 11.6 Å². The molecule has 3 rings (SSSR count). The molecule has 1 fully saturated rings. The number of likely N-dealkylation sites (N-methyl/N-ethyl adjacent to an activating group) is 1. The Bertz CT molecular complexity index is 655. The maximum Gasteiger partial charge on any atom is 0.186 e. The van der Waals surface area contributed by atoms with Gasteiger partial charge in [0.25, 0.3) is 0 Å². The summed E-state index contributed by atoms with van der Waals surface area (Å²) in [7, 11) is 3.97. The highest BCUT2D eigenvalue weighted by Gasteiger charge is 2.61. The van der Waals surface area contributed by atoms with Crippen molar-refractivity contribution < 1.29 is 9.53 Å². The van der Waals surface area contributed by atoms with Gasteiger partial charge >= 0.3 is 0 Å². The molecule has 2 aliphatic rings. The Hall–Kier alpha value is -1.10. The standard InChI is InChI=1S/C19H25NO2S/c1-6-23-16-9-7-14(11-12(16)2)18(21)19(20(4)5)13(3)15-8-10-17(19)22-15/h7-11,13,15,17H,6H2,1-5H3. The second kappa shape index (κ2) is 6.08. The molecule has 4 atom stereocenters. The van der Waals surface area contributed by atoms with Crippen LogP contribution in [-0.2, 0) is 4.74 Å². The van der Waals surface area contributed by atoms with Crippen molar-refractivity contribution in [2.45, 2.75) is 43.4 Å². The van der Waals surface area contributed by atoms with Crippen molar-refractivity contribution in [3.05, 3.63) is 41.5 Å². The number of rotatable bonds is 5. The van der Waals surface area contributed by atoms with Gasteiger partial charge in [-0.3, -0.25) is 9.69 Å². The molecule has 0 aromatic heterocycles. The van der Waals surface area contributed by atoms with Crippen molar-refractivity contribution in [2.24, 2.45) is 5.92 Å². The van der Waals surface area contributed by atoms with Crippen LogP contribution in [0.4, 0.5) is 0 Å². The summed E-state index contributed by atoms with van der Waals surface area (Å²) in [6.45, 7) is 6.35. The van der Waals surface area contributed by atoms with Crippen LogP contribution in [0.3, 0.4) is 0 Å². The van der Waals surface area contributed by atoms with Gasteiger partial charge in [0.05, 0.1) is 6.10 Å². The molecule has 4 heteroatoms. The lowest BCUT2D eigenvalue weighted by atomic mass is 9.71. The Kier molecular flexibility index (Phi) is 4.43. The van der Waals surface area contributed by atoms with E-state index in [0.717, 1.165) is 11.3 Å². The van der Waals surface area contributed by atoms with E-state index >= 15 is 0 Å². The maximum absolute atomic E-state index is 13.5. The molecule has 1 saturated heterocycles. The average molecular weight is 331 g/mol. The van der Waals surface area contributed by atoms with Crippen LogP contribution in [0.15, 0.2) is 35.2 Å². The zero-order valence-electron chi connectivity index (χ0n) is 14.5. The van der Waals surface area contributed by atoms with Crippen molar-refractivity contribution in [2.75, 3.05) is 19.8 Å². The minimum absolute atomic E-state index is 0.0439. The monoisotopic (exact) mass is 331 g/mol. The first-order valence-electron chi connectivity index (χ1n) is 8.22. The van der Waals surface area contributed by atoms with Crippen LogP contribution in [0.5, 0.6) is 0 Å². The summed E-state index contributed by atoms with van der Waals surface area (Å²) in [5, 5.41) is 0. The van der Waals surface area contributed by atoms with Gasteiger partial charge in [-0.2, -0.15) is 0 Å². The highest BCUT2D eigenvalue weighted by Crippen LogP contribution is 2.46. The van der Waals surface area contributed by atoms with E-state index in [1.54, 1.807) is 0 Å². The first-order chi connectivity index (χ1) is 10.9. The molecule has 4 unspecified atom stereocenters. The summed E-state index contributed by atoms with van der Waals surface area (Å²) >= 11 is 1.82. The molecular weight excluding hydrogens is 306 g/mol. The number of hydrogen-bond acceptors (Lipinski definition) is 4. The number of carbonyl (C=O) groups excluding carboxylic acids is 1. The smallest absolute Gasteiger partial charge is 0.186 e. The maximum atomic E-state index is 13.5. The fraction of sp³-hybridized carbons (Fsp3) is 0.526. The van der Waals surface area contributed by atoms with E-state index in [4.69, 9.17) is 4.74 Å². The summed E-state index contributed by atoms with van der Waals surface area (Å²) in [5.74, 6) is 1.35. The molecule has 23 heavy (non-hydrogen) atoms. The Morgan fingerprint density at radius 2 is 2.09 bits per heavy atom. The van der Waals surface area contributed by atoms with Crippen molar-refractivity contribution in [3.8, 4) is 0 Å². The highest BCUT2D eigenvalue weighted by atomic mass is 32.2. The highest BCUT2D eigenvalue weighted by molar-refractivity contribution is 7.99. The molecular formula is C19H25NO2S. The van der Waals surface area contributed by atoms with Gasteiger partial charge in [-0.05, 0) is 44.5 Å². The molecule has 0 N–H and O–H groups in total. The van der Waals surface area contributed by atoms with Gasteiger partial charge in [-0.1, -0.05) is 32.1 Å². The van der Waals surface area contributed by atoms with Crippen molar-refractivity contribution in [1.82, 2.24) is 4.90 Å². The number of fused-ring (bicyclic) bond motifs is 2. The molecule has 0 saturated carbocycles. The van der Waals surface area contributed by atoms with Gasteiger partial charge in [-0.25, -0.2) is 0 Å². The number of Topliss-reactive ketones (excluding diaryl/α,β-unsaturated/α-hetero) is 1. The lowest BCUT2D eigenvalue weighted by Crippen LogP contribution is -2.61. The van der Waals surface area contributed by atoms with Crippen LogP contribution in [-0.4, -0.2) is 48.3 Å². The van der Waals surface area contributed by atoms with Crippen LogP contribution < -0.4 is 0 Å². The van der Waals surface area contributed by atoms with E-state index in [1.807, 2.05) is 38.0 Å². The number of aryl methyl sites for hydroxylation is 1. The first kappa shape index (κ1) is 16.7. The second-order valence-corrected chi connectivity index (χ2v) is 7.96. The largest absolute Gasteiger partial charge is 0.364 e. The lowest BCUT2D eigenvalue weighted by Gasteiger charge is -2.42. The minimum Gasteiger partial charge on any atom is -0.364 e. The van der Waals surface area contributed by atoms with E-state index in [1.165, 1.54) is 10.5 Å². The lowest BCUT2D eigenvalue weighted by molar-refractivity contribution is 0.0385. The molecule has 2 heterocycles. The fourth-order valence-electron chi connectivity index (χ4n) is 4.06. The normalized spacial score (nSPS) is 32.0. The molecule has 0 spiro atoms. The molecule has 0 amide bonds. The number of nitrogens with zero attached hydrogens (tertiary/aromatic N) is 1. The van der Waals surface area contributed by atoms with Crippen LogP contribution >= 0.6 is 11.8 Å². The van der Waals surface area contributed by atoms with Crippen LogP contribution in [0.25, 0.3) is 0 Å². The fourth-order valence-corrected chi connectivity index (χ4v) is 4.82. The summed E-state index contributed by atoms with van der Waals surface area (Å²) in [4.78, 5) is 16.8. The van der Waals surface area contributed by atoms with Gasteiger partial charge in [0.15, 0.2) is 5.78 Å². The minimum atomic E-state index is -0.606. The number of ketones is 1. The Morgan fingerprint density at radius 1 is 1.35 bits per heavy atom. The molecule has 0 aliphatic carbocycles. The zero-order chi connectivity index (χ0) is 16.8. The molecule has 124 valence electrons. The molecule has 1 aromatic carbocycles. The Balaban J connectivity index is 2.01.